The van der Waals surface area contributed by atoms with Gasteiger partial charge in [-0.25, -0.2) is 0 Å². The van der Waals surface area contributed by atoms with Gasteiger partial charge in [0.1, 0.15) is 0 Å². The smallest absolute Gasteiger partial charge is 0.240 e. The quantitative estimate of drug-likeness (QED) is 0.878. The lowest BCUT2D eigenvalue weighted by atomic mass is 9.98. The average Bonchev–Trinajstić information content (AvgIpc) is 2.80. The minimum absolute atomic E-state index is 0.00559. The van der Waals surface area contributed by atoms with Crippen LogP contribution in [0.25, 0.3) is 0 Å². The van der Waals surface area contributed by atoms with Gasteiger partial charge in [0.2, 0.25) is 5.91 Å². The maximum Gasteiger partial charge on any atom is 0.240 e. The van der Waals surface area contributed by atoms with Crippen LogP contribution >= 0.6 is 11.6 Å². The maximum atomic E-state index is 12.0. The molecular formula is C14H19ClN2O. The Morgan fingerprint density at radius 2 is 1.89 bits per heavy atom. The van der Waals surface area contributed by atoms with Gasteiger partial charge in [0.15, 0.2) is 0 Å². The second-order valence-electron chi connectivity index (χ2n) is 5.00. The minimum Gasteiger partial charge on any atom is -0.354 e. The number of hydrogen-bond donors (Lipinski definition) is 2. The Hall–Kier alpha value is -1.06. The highest BCUT2D eigenvalue weighted by Crippen LogP contribution is 2.27. The van der Waals surface area contributed by atoms with Gasteiger partial charge in [-0.3, -0.25) is 4.79 Å². The lowest BCUT2D eigenvalue weighted by Crippen LogP contribution is -2.52. The Kier molecular flexibility index (Phi) is 4.25. The molecule has 0 bridgehead atoms. The first-order valence-corrected chi connectivity index (χ1v) is 6.80. The van der Waals surface area contributed by atoms with E-state index in [1.165, 1.54) is 0 Å². The fraction of sp³-hybridized carbons (Fsp3) is 0.500. The van der Waals surface area contributed by atoms with Crippen LogP contribution in [-0.2, 0) is 11.2 Å². The van der Waals surface area contributed by atoms with E-state index in [4.69, 9.17) is 17.3 Å². The molecule has 2 rings (SSSR count). The molecule has 1 fully saturated rings. The first-order valence-electron chi connectivity index (χ1n) is 6.42. The third-order valence-electron chi connectivity index (χ3n) is 3.56. The van der Waals surface area contributed by atoms with Crippen LogP contribution < -0.4 is 11.1 Å². The lowest BCUT2D eigenvalue weighted by molar-refractivity contribution is -0.126. The number of carbonyl (C=O) groups is 1. The molecule has 1 amide bonds. The van der Waals surface area contributed by atoms with Gasteiger partial charge < -0.3 is 11.1 Å². The van der Waals surface area contributed by atoms with E-state index in [1.54, 1.807) is 0 Å². The van der Waals surface area contributed by atoms with Crippen molar-refractivity contribution in [1.82, 2.24) is 5.32 Å². The highest BCUT2D eigenvalue weighted by atomic mass is 35.5. The van der Waals surface area contributed by atoms with E-state index in [9.17, 15) is 4.79 Å². The second kappa shape index (κ2) is 5.72. The number of benzene rings is 1. The molecule has 1 aromatic carbocycles. The fourth-order valence-corrected chi connectivity index (χ4v) is 2.51. The van der Waals surface area contributed by atoms with Gasteiger partial charge in [0.25, 0.3) is 0 Å². The number of rotatable bonds is 4. The normalized spacial score (nSPS) is 17.7. The van der Waals surface area contributed by atoms with Gasteiger partial charge in [0, 0.05) is 11.6 Å². The van der Waals surface area contributed by atoms with Crippen LogP contribution in [0.15, 0.2) is 24.3 Å². The number of amides is 1. The van der Waals surface area contributed by atoms with Crippen molar-refractivity contribution in [1.29, 1.82) is 0 Å². The van der Waals surface area contributed by atoms with Gasteiger partial charge in [-0.2, -0.15) is 0 Å². The van der Waals surface area contributed by atoms with Crippen LogP contribution in [0.5, 0.6) is 0 Å². The summed E-state index contributed by atoms with van der Waals surface area (Å²) in [7, 11) is 0. The number of nitrogens with one attached hydrogen (secondary N) is 1. The Morgan fingerprint density at radius 1 is 1.28 bits per heavy atom. The molecule has 98 valence electrons. The zero-order valence-electron chi connectivity index (χ0n) is 10.4. The Balaban J connectivity index is 1.78. The first-order chi connectivity index (χ1) is 8.60. The van der Waals surface area contributed by atoms with Crippen molar-refractivity contribution in [2.24, 2.45) is 5.73 Å². The molecule has 3 nitrogen and oxygen atoms in total. The second-order valence-corrected chi connectivity index (χ2v) is 5.43. The fourth-order valence-electron chi connectivity index (χ4n) is 2.38. The molecule has 0 unspecified atom stereocenters. The summed E-state index contributed by atoms with van der Waals surface area (Å²) < 4.78 is 0. The van der Waals surface area contributed by atoms with Crippen molar-refractivity contribution >= 4 is 17.5 Å². The summed E-state index contributed by atoms with van der Waals surface area (Å²) in [5.41, 5.74) is 6.61. The van der Waals surface area contributed by atoms with Gasteiger partial charge in [-0.05, 0) is 37.0 Å². The van der Waals surface area contributed by atoms with E-state index in [2.05, 4.69) is 5.32 Å². The van der Waals surface area contributed by atoms with Crippen LogP contribution in [0.3, 0.4) is 0 Å². The largest absolute Gasteiger partial charge is 0.354 e. The van der Waals surface area contributed by atoms with Crippen molar-refractivity contribution < 1.29 is 4.79 Å². The average molecular weight is 267 g/mol. The zero-order chi connectivity index (χ0) is 13.0. The molecular weight excluding hydrogens is 248 g/mol. The van der Waals surface area contributed by atoms with E-state index in [-0.39, 0.29) is 5.91 Å². The summed E-state index contributed by atoms with van der Waals surface area (Å²) >= 11 is 5.81. The summed E-state index contributed by atoms with van der Waals surface area (Å²) in [5, 5.41) is 3.66. The highest BCUT2D eigenvalue weighted by molar-refractivity contribution is 6.30. The van der Waals surface area contributed by atoms with Crippen molar-refractivity contribution in [3.63, 3.8) is 0 Å². The molecule has 0 saturated heterocycles. The van der Waals surface area contributed by atoms with E-state index in [0.717, 1.165) is 42.7 Å². The molecule has 0 atom stereocenters. The molecule has 1 saturated carbocycles. The van der Waals surface area contributed by atoms with Gasteiger partial charge in [-0.15, -0.1) is 0 Å². The van der Waals surface area contributed by atoms with E-state index in [1.807, 2.05) is 24.3 Å². The lowest BCUT2D eigenvalue weighted by Gasteiger charge is -2.22. The molecule has 1 aromatic rings. The summed E-state index contributed by atoms with van der Waals surface area (Å²) in [6, 6.07) is 7.67. The van der Waals surface area contributed by atoms with Crippen LogP contribution in [0.4, 0.5) is 0 Å². The molecule has 4 heteroatoms. The van der Waals surface area contributed by atoms with Crippen LogP contribution in [0.2, 0.25) is 5.02 Å². The van der Waals surface area contributed by atoms with Crippen molar-refractivity contribution in [3.8, 4) is 0 Å². The van der Waals surface area contributed by atoms with Gasteiger partial charge in [0.05, 0.1) is 5.54 Å². The molecule has 0 heterocycles. The molecule has 1 aliphatic rings. The molecule has 0 aliphatic heterocycles. The summed E-state index contributed by atoms with van der Waals surface area (Å²) in [6.45, 7) is 0.624. The molecule has 0 spiro atoms. The highest BCUT2D eigenvalue weighted by Gasteiger charge is 2.36. The van der Waals surface area contributed by atoms with E-state index in [0.29, 0.717) is 6.54 Å². The third-order valence-corrected chi connectivity index (χ3v) is 3.81. The monoisotopic (exact) mass is 266 g/mol. The van der Waals surface area contributed by atoms with E-state index < -0.39 is 5.54 Å². The van der Waals surface area contributed by atoms with Gasteiger partial charge >= 0.3 is 0 Å². The Bertz CT molecular complexity index is 410. The standard InChI is InChI=1S/C14H19ClN2O/c15-12-5-3-11(4-6-12)7-10-17-13(18)14(16)8-1-2-9-14/h3-6H,1-2,7-10,16H2,(H,17,18). The van der Waals surface area contributed by atoms with Crippen LogP contribution in [0.1, 0.15) is 31.2 Å². The molecule has 18 heavy (non-hydrogen) atoms. The third kappa shape index (κ3) is 3.24. The zero-order valence-corrected chi connectivity index (χ0v) is 11.2. The minimum atomic E-state index is -0.625. The topological polar surface area (TPSA) is 55.1 Å². The molecule has 3 N–H and O–H groups in total. The predicted molar refractivity (Wildman–Crippen MR) is 73.6 cm³/mol. The number of hydrogen-bond acceptors (Lipinski definition) is 2. The van der Waals surface area contributed by atoms with Crippen molar-refractivity contribution in [2.75, 3.05) is 6.54 Å². The summed E-state index contributed by atoms with van der Waals surface area (Å²) in [4.78, 5) is 12.0. The van der Waals surface area contributed by atoms with Gasteiger partial charge in [-0.1, -0.05) is 36.6 Å². The Labute approximate surface area is 113 Å². The van der Waals surface area contributed by atoms with Crippen molar-refractivity contribution in [3.05, 3.63) is 34.9 Å². The summed E-state index contributed by atoms with van der Waals surface area (Å²) in [5.74, 6) is -0.00559. The molecule has 0 radical (unpaired) electrons. The Morgan fingerprint density at radius 3 is 2.50 bits per heavy atom. The first kappa shape index (κ1) is 13.4. The number of carbonyl (C=O) groups excluding carboxylic acids is 1. The van der Waals surface area contributed by atoms with Crippen LogP contribution in [0, 0.1) is 0 Å². The summed E-state index contributed by atoms with van der Waals surface area (Å²) in [6.07, 6.45) is 4.53. The SMILES string of the molecule is NC1(C(=O)NCCc2ccc(Cl)cc2)CCCC1. The molecule has 0 aromatic heterocycles. The number of halogens is 1. The number of nitrogens with two attached hydrogens (primary N) is 1. The van der Waals surface area contributed by atoms with E-state index >= 15 is 0 Å². The van der Waals surface area contributed by atoms with Crippen LogP contribution in [-0.4, -0.2) is 18.0 Å². The maximum absolute atomic E-state index is 12.0. The predicted octanol–water partition coefficient (Wildman–Crippen LogP) is 2.27. The molecule has 1 aliphatic carbocycles. The van der Waals surface area contributed by atoms with Crippen molar-refractivity contribution in [2.45, 2.75) is 37.6 Å².